The van der Waals surface area contributed by atoms with Crippen molar-refractivity contribution >= 4 is 18.0 Å². The van der Waals surface area contributed by atoms with Gasteiger partial charge in [0.05, 0.1) is 12.1 Å². The molecule has 1 fully saturated rings. The lowest BCUT2D eigenvalue weighted by atomic mass is 10.1. The number of aryl methyl sites for hydroxylation is 1. The summed E-state index contributed by atoms with van der Waals surface area (Å²) >= 11 is 0. The third-order valence-corrected chi connectivity index (χ3v) is 4.69. The van der Waals surface area contributed by atoms with E-state index in [2.05, 4.69) is 20.9 Å². The van der Waals surface area contributed by atoms with Crippen molar-refractivity contribution in [2.45, 2.75) is 32.4 Å². The molecular weight excluding hydrogens is 413 g/mol. The molecule has 11 heteroatoms. The molecule has 1 saturated heterocycles. The van der Waals surface area contributed by atoms with Gasteiger partial charge < -0.3 is 0 Å². The van der Waals surface area contributed by atoms with E-state index in [1.807, 2.05) is 4.90 Å². The molecule has 3 rings (SSSR count). The van der Waals surface area contributed by atoms with Crippen molar-refractivity contribution in [2.24, 2.45) is 0 Å². The van der Waals surface area contributed by atoms with E-state index in [1.54, 1.807) is 13.0 Å². The third-order valence-electron chi connectivity index (χ3n) is 4.69. The minimum atomic E-state index is -4.47. The van der Waals surface area contributed by atoms with E-state index in [-0.39, 0.29) is 23.8 Å². The Hall–Kier alpha value is -3.21. The number of carbonyl (C=O) groups excluding carboxylic acids is 2. The number of benzene rings is 1. The molecule has 0 atom stereocenters. The molecule has 0 saturated carbocycles. The summed E-state index contributed by atoms with van der Waals surface area (Å²) in [6.07, 6.45) is 2.48. The van der Waals surface area contributed by atoms with Crippen molar-refractivity contribution in [1.29, 1.82) is 0 Å². The predicted octanol–water partition coefficient (Wildman–Crippen LogP) is 2.38. The van der Waals surface area contributed by atoms with Crippen molar-refractivity contribution in [1.82, 2.24) is 30.5 Å². The molecule has 166 valence electrons. The van der Waals surface area contributed by atoms with Crippen molar-refractivity contribution in [2.75, 3.05) is 19.6 Å². The number of nitrogens with one attached hydrogen (secondary N) is 2. The molecule has 1 aromatic carbocycles. The number of rotatable bonds is 5. The highest BCUT2D eigenvalue weighted by atomic mass is 19.4. The van der Waals surface area contributed by atoms with Gasteiger partial charge in [-0.1, -0.05) is 6.42 Å². The lowest BCUT2D eigenvalue weighted by molar-refractivity contribution is -0.137. The minimum absolute atomic E-state index is 0.0918. The number of hydrogen-bond donors (Lipinski definition) is 2. The van der Waals surface area contributed by atoms with E-state index in [0.29, 0.717) is 5.56 Å². The first-order valence-electron chi connectivity index (χ1n) is 9.80. The molecule has 0 bridgehead atoms. The molecule has 1 aliphatic heterocycles. The van der Waals surface area contributed by atoms with E-state index in [9.17, 15) is 22.8 Å². The zero-order valence-corrected chi connectivity index (χ0v) is 16.9. The maximum absolute atomic E-state index is 13.0. The Bertz CT molecular complexity index is 964. The van der Waals surface area contributed by atoms with Crippen LogP contribution in [0.25, 0.3) is 17.6 Å². The summed E-state index contributed by atoms with van der Waals surface area (Å²) in [6, 6.07) is 3.56. The molecular formula is C20H23F3N6O2. The van der Waals surface area contributed by atoms with E-state index in [0.717, 1.165) is 50.6 Å². The van der Waals surface area contributed by atoms with Crippen molar-refractivity contribution in [3.63, 3.8) is 0 Å². The standard InChI is InChI=1S/C20H23F3N6O2/c1-14-9-15(11-16(10-14)20(21,22)23)19-24-13-29(27-19)8-5-17(30)25-26-18(31)12-28-6-3-2-4-7-28/h5,8-11,13H,2-4,6-7,12H2,1H3,(H,25,30)(H,26,31)/b8-5-. The molecule has 8 nitrogen and oxygen atoms in total. The van der Waals surface area contributed by atoms with Gasteiger partial charge in [0.25, 0.3) is 11.8 Å². The largest absolute Gasteiger partial charge is 0.416 e. The summed E-state index contributed by atoms with van der Waals surface area (Å²) in [5, 5.41) is 4.07. The zero-order chi connectivity index (χ0) is 22.4. The Morgan fingerprint density at radius 1 is 1.13 bits per heavy atom. The number of amides is 2. The minimum Gasteiger partial charge on any atom is -0.294 e. The summed E-state index contributed by atoms with van der Waals surface area (Å²) in [5.74, 6) is -0.806. The van der Waals surface area contributed by atoms with Crippen molar-refractivity contribution < 1.29 is 22.8 Å². The summed E-state index contributed by atoms with van der Waals surface area (Å²) in [7, 11) is 0. The molecule has 1 aliphatic rings. The normalized spacial score (nSPS) is 15.2. The fraction of sp³-hybridized carbons (Fsp3) is 0.400. The average molecular weight is 436 g/mol. The summed E-state index contributed by atoms with van der Waals surface area (Å²) < 4.78 is 40.2. The number of halogens is 3. The fourth-order valence-electron chi connectivity index (χ4n) is 3.23. The second-order valence-corrected chi connectivity index (χ2v) is 7.32. The Morgan fingerprint density at radius 3 is 2.58 bits per heavy atom. The van der Waals surface area contributed by atoms with Crippen LogP contribution in [0.2, 0.25) is 0 Å². The third kappa shape index (κ3) is 6.64. The molecule has 0 radical (unpaired) electrons. The van der Waals surface area contributed by atoms with E-state index < -0.39 is 17.6 Å². The van der Waals surface area contributed by atoms with Gasteiger partial charge in [-0.25, -0.2) is 9.67 Å². The van der Waals surface area contributed by atoms with Gasteiger partial charge in [0.15, 0.2) is 5.82 Å². The lowest BCUT2D eigenvalue weighted by Crippen LogP contribution is -2.46. The van der Waals surface area contributed by atoms with Crippen LogP contribution in [0.4, 0.5) is 13.2 Å². The van der Waals surface area contributed by atoms with Crippen LogP contribution in [0.1, 0.15) is 30.4 Å². The topological polar surface area (TPSA) is 92.2 Å². The Balaban J connectivity index is 1.55. The number of aromatic nitrogens is 3. The van der Waals surface area contributed by atoms with E-state index >= 15 is 0 Å². The number of hydrogen-bond acceptors (Lipinski definition) is 5. The number of nitrogens with zero attached hydrogens (tertiary/aromatic N) is 4. The molecule has 0 unspecified atom stereocenters. The first-order chi connectivity index (χ1) is 14.7. The molecule has 31 heavy (non-hydrogen) atoms. The maximum Gasteiger partial charge on any atom is 0.416 e. The molecule has 1 aromatic heterocycles. The smallest absolute Gasteiger partial charge is 0.294 e. The van der Waals surface area contributed by atoms with Gasteiger partial charge in [0, 0.05) is 17.8 Å². The van der Waals surface area contributed by atoms with Crippen LogP contribution in [0.15, 0.2) is 30.6 Å². The first-order valence-corrected chi connectivity index (χ1v) is 9.80. The number of hydrazine groups is 1. The molecule has 2 aromatic rings. The Morgan fingerprint density at radius 2 is 1.87 bits per heavy atom. The quantitative estimate of drug-likeness (QED) is 0.555. The van der Waals surface area contributed by atoms with Gasteiger partial charge >= 0.3 is 6.18 Å². The number of piperidine rings is 1. The van der Waals surface area contributed by atoms with Crippen LogP contribution in [0, 0.1) is 6.92 Å². The summed E-state index contributed by atoms with van der Waals surface area (Å²) in [5.41, 5.74) is 4.47. The van der Waals surface area contributed by atoms with Crippen LogP contribution < -0.4 is 10.9 Å². The molecule has 0 spiro atoms. The molecule has 2 amide bonds. The Labute approximate surface area is 177 Å². The van der Waals surface area contributed by atoms with Crippen LogP contribution in [-0.4, -0.2) is 51.1 Å². The highest BCUT2D eigenvalue weighted by Gasteiger charge is 2.31. The summed E-state index contributed by atoms with van der Waals surface area (Å²) in [6.45, 7) is 3.50. The highest BCUT2D eigenvalue weighted by molar-refractivity contribution is 5.91. The van der Waals surface area contributed by atoms with Crippen LogP contribution in [0.3, 0.4) is 0 Å². The maximum atomic E-state index is 13.0. The van der Waals surface area contributed by atoms with Gasteiger partial charge in [-0.05, 0) is 56.6 Å². The monoisotopic (exact) mass is 436 g/mol. The SMILES string of the molecule is Cc1cc(-c2ncn(/C=C\C(=O)NNC(=O)CN3CCCCC3)n2)cc(C(F)(F)F)c1. The van der Waals surface area contributed by atoms with Gasteiger partial charge in [-0.15, -0.1) is 5.10 Å². The van der Waals surface area contributed by atoms with E-state index in [4.69, 9.17) is 0 Å². The fourth-order valence-corrected chi connectivity index (χ4v) is 3.23. The summed E-state index contributed by atoms with van der Waals surface area (Å²) in [4.78, 5) is 29.8. The molecule has 2 N–H and O–H groups in total. The van der Waals surface area contributed by atoms with Crippen molar-refractivity contribution in [3.8, 4) is 11.4 Å². The van der Waals surface area contributed by atoms with Gasteiger partial charge in [-0.2, -0.15) is 13.2 Å². The lowest BCUT2D eigenvalue weighted by Gasteiger charge is -2.25. The number of likely N-dealkylation sites (tertiary alicyclic amines) is 1. The first kappa shape index (κ1) is 22.5. The van der Waals surface area contributed by atoms with Crippen LogP contribution in [-0.2, 0) is 15.8 Å². The van der Waals surface area contributed by atoms with E-state index in [1.165, 1.54) is 17.2 Å². The number of carbonyl (C=O) groups is 2. The Kier molecular flexibility index (Phi) is 7.06. The van der Waals surface area contributed by atoms with Gasteiger partial charge in [0.2, 0.25) is 0 Å². The average Bonchev–Trinajstić information content (AvgIpc) is 3.19. The van der Waals surface area contributed by atoms with Crippen LogP contribution >= 0.6 is 0 Å². The molecule has 0 aliphatic carbocycles. The van der Waals surface area contributed by atoms with Crippen molar-refractivity contribution in [3.05, 3.63) is 41.7 Å². The van der Waals surface area contributed by atoms with Crippen LogP contribution in [0.5, 0.6) is 0 Å². The molecule has 2 heterocycles. The second kappa shape index (κ2) is 9.73. The number of alkyl halides is 3. The predicted molar refractivity (Wildman–Crippen MR) is 107 cm³/mol. The zero-order valence-electron chi connectivity index (χ0n) is 16.9. The second-order valence-electron chi connectivity index (χ2n) is 7.32. The highest BCUT2D eigenvalue weighted by Crippen LogP contribution is 2.32. The van der Waals surface area contributed by atoms with Gasteiger partial charge in [0.1, 0.15) is 6.33 Å². The van der Waals surface area contributed by atoms with Gasteiger partial charge in [-0.3, -0.25) is 25.3 Å².